The highest BCUT2D eigenvalue weighted by atomic mass is 19.4. The molecule has 0 fully saturated rings. The Hall–Kier alpha value is -1.65. The minimum absolute atomic E-state index is 8.11. The van der Waals surface area contributed by atoms with Crippen LogP contribution in [-0.2, 0) is 0 Å². The van der Waals surface area contributed by atoms with Gasteiger partial charge in [-0.1, -0.05) is 0 Å². The topological polar surface area (TPSA) is 20.2 Å². The van der Waals surface area contributed by atoms with Crippen molar-refractivity contribution in [3.8, 4) is 0 Å². The summed E-state index contributed by atoms with van der Waals surface area (Å²) in [7, 11) is 0. The maximum Gasteiger partial charge on any atom is 0.460 e. The fraction of sp³-hybridized carbons (Fsp3) is 1.00. The van der Waals surface area contributed by atoms with E-state index in [9.17, 15) is 101 Å². The molecule has 1 N–H and O–H groups in total. The predicted molar refractivity (Wildman–Crippen MR) is 57.7 cm³/mol. The highest BCUT2D eigenvalue weighted by Gasteiger charge is 2.99. The van der Waals surface area contributed by atoms with E-state index < -0.39 is 65.6 Å². The Morgan fingerprint density at radius 2 is 0.400 bits per heavy atom. The van der Waals surface area contributed by atoms with Gasteiger partial charge in [-0.15, -0.1) is 0 Å². The smallest absolute Gasteiger partial charge is 0.369 e. The van der Waals surface area contributed by atoms with E-state index >= 15 is 0 Å². The van der Waals surface area contributed by atoms with Crippen molar-refractivity contribution in [3.63, 3.8) is 0 Å². The minimum atomic E-state index is -9.46. The monoisotopic (exact) mass is 586 g/mol. The highest BCUT2D eigenvalue weighted by molar-refractivity contribution is 5.20. The first-order valence-electron chi connectivity index (χ1n) is 7.07. The van der Waals surface area contributed by atoms with Crippen molar-refractivity contribution in [2.75, 3.05) is 0 Å². The first-order chi connectivity index (χ1) is 14.5. The summed E-state index contributed by atoms with van der Waals surface area (Å²) in [6.45, 7) is 0. The molecule has 0 radical (unpaired) electrons. The van der Waals surface area contributed by atoms with Crippen molar-refractivity contribution >= 4 is 0 Å². The number of aliphatic hydroxyl groups is 1. The molecule has 35 heavy (non-hydrogen) atoms. The number of hydrogen-bond donors (Lipinski definition) is 1. The summed E-state index contributed by atoms with van der Waals surface area (Å²) in [6.07, 6.45) is -24.7. The second-order valence-electron chi connectivity index (χ2n) is 6.22. The molecule has 1 nitrogen and oxygen atoms in total. The van der Waals surface area contributed by atoms with Crippen LogP contribution < -0.4 is 0 Å². The van der Waals surface area contributed by atoms with Gasteiger partial charge in [0.15, 0.2) is 0 Å². The standard InChI is InChI=1S/C11HF23O/c12-2(13,1(35,9(26,27)28)10(29,30)31)3(14,15)4(16,17)5(18,19)6(20,21)7(22,23)8(24,25)11(32,33)34/h35H. The average Bonchev–Trinajstić information content (AvgIpc) is 2.56. The molecular formula is C11HF23O. The summed E-state index contributed by atoms with van der Waals surface area (Å²) in [5, 5.41) is 8.11. The van der Waals surface area contributed by atoms with Crippen LogP contribution >= 0.6 is 0 Å². The Morgan fingerprint density at radius 1 is 0.229 bits per heavy atom. The van der Waals surface area contributed by atoms with Crippen molar-refractivity contribution in [2.24, 2.45) is 0 Å². The molecular weight excluding hydrogens is 585 g/mol. The van der Waals surface area contributed by atoms with E-state index in [2.05, 4.69) is 0 Å². The van der Waals surface area contributed by atoms with Crippen LogP contribution in [0, 0.1) is 0 Å². The molecule has 0 aromatic carbocycles. The lowest BCUT2D eigenvalue weighted by atomic mass is 9.82. The van der Waals surface area contributed by atoms with Gasteiger partial charge < -0.3 is 5.11 Å². The molecule has 0 aliphatic rings. The lowest BCUT2D eigenvalue weighted by molar-refractivity contribution is -0.493. The Kier molecular flexibility index (Phi) is 7.32. The largest absolute Gasteiger partial charge is 0.460 e. The Labute approximate surface area is 173 Å². The van der Waals surface area contributed by atoms with Crippen LogP contribution in [0.4, 0.5) is 101 Å². The molecule has 0 aliphatic carbocycles. The molecule has 0 heterocycles. The molecule has 0 aromatic rings. The highest BCUT2D eigenvalue weighted by Crippen LogP contribution is 2.67. The summed E-state index contributed by atoms with van der Waals surface area (Å²) in [5.41, 5.74) is -8.55. The Balaban J connectivity index is 7.32. The van der Waals surface area contributed by atoms with Gasteiger partial charge in [0.25, 0.3) is 0 Å². The molecule has 24 heteroatoms. The molecule has 0 saturated carbocycles. The molecule has 0 aliphatic heterocycles. The second-order valence-corrected chi connectivity index (χ2v) is 6.22. The molecule has 0 amide bonds. The third-order valence-corrected chi connectivity index (χ3v) is 4.00. The van der Waals surface area contributed by atoms with Crippen molar-refractivity contribution < 1.29 is 106 Å². The zero-order chi connectivity index (χ0) is 29.5. The zero-order valence-corrected chi connectivity index (χ0v) is 14.6. The SMILES string of the molecule is OC(C(F)(F)F)(C(F)(F)F)C(F)(F)C(F)(F)C(F)(F)C(F)(F)C(F)(F)C(F)(F)C(F)(F)C(F)(F)F. The number of rotatable bonds is 7. The summed E-state index contributed by atoms with van der Waals surface area (Å²) in [5.74, 6) is -64.3. The minimum Gasteiger partial charge on any atom is -0.369 e. The molecule has 0 aromatic heterocycles. The van der Waals surface area contributed by atoms with Crippen LogP contribution in [0.1, 0.15) is 0 Å². The van der Waals surface area contributed by atoms with Gasteiger partial charge in [-0.2, -0.15) is 101 Å². The zero-order valence-electron chi connectivity index (χ0n) is 14.6. The molecule has 0 unspecified atom stereocenters. The van der Waals surface area contributed by atoms with Crippen LogP contribution in [-0.4, -0.2) is 70.7 Å². The summed E-state index contributed by atoms with van der Waals surface area (Å²) >= 11 is 0. The van der Waals surface area contributed by atoms with Crippen molar-refractivity contribution in [1.82, 2.24) is 0 Å². The van der Waals surface area contributed by atoms with Gasteiger partial charge in [0.1, 0.15) is 0 Å². The molecule has 0 atom stereocenters. The van der Waals surface area contributed by atoms with Crippen molar-refractivity contribution in [2.45, 2.75) is 65.6 Å². The summed E-state index contributed by atoms with van der Waals surface area (Å²) < 4.78 is 293. The van der Waals surface area contributed by atoms with E-state index in [1.807, 2.05) is 0 Å². The van der Waals surface area contributed by atoms with Crippen LogP contribution in [0.5, 0.6) is 0 Å². The first-order valence-corrected chi connectivity index (χ1v) is 7.07. The number of alkyl halides is 23. The molecule has 0 bridgehead atoms. The first kappa shape index (κ1) is 33.4. The molecule has 212 valence electrons. The number of halogens is 23. The molecule has 0 spiro atoms. The van der Waals surface area contributed by atoms with E-state index in [1.54, 1.807) is 0 Å². The lowest BCUT2D eigenvalue weighted by Crippen LogP contribution is -2.80. The van der Waals surface area contributed by atoms with Gasteiger partial charge in [0, 0.05) is 0 Å². The van der Waals surface area contributed by atoms with E-state index in [4.69, 9.17) is 5.11 Å². The normalized spacial score (nSPS) is 17.1. The fourth-order valence-electron chi connectivity index (χ4n) is 1.91. The van der Waals surface area contributed by atoms with E-state index in [-0.39, 0.29) is 0 Å². The van der Waals surface area contributed by atoms with Crippen LogP contribution in [0.15, 0.2) is 0 Å². The van der Waals surface area contributed by atoms with Gasteiger partial charge in [-0.05, 0) is 0 Å². The quantitative estimate of drug-likeness (QED) is 0.324. The van der Waals surface area contributed by atoms with Crippen LogP contribution in [0.25, 0.3) is 0 Å². The van der Waals surface area contributed by atoms with E-state index in [1.165, 1.54) is 0 Å². The Bertz CT molecular complexity index is 763. The fourth-order valence-corrected chi connectivity index (χ4v) is 1.91. The van der Waals surface area contributed by atoms with Gasteiger partial charge >= 0.3 is 65.6 Å². The predicted octanol–water partition coefficient (Wildman–Crippen LogP) is 6.85. The molecule has 0 rings (SSSR count). The Morgan fingerprint density at radius 3 is 0.571 bits per heavy atom. The third kappa shape index (κ3) is 3.82. The second kappa shape index (κ2) is 7.68. The third-order valence-electron chi connectivity index (χ3n) is 4.00. The average molecular weight is 586 g/mol. The van der Waals surface area contributed by atoms with Crippen LogP contribution in [0.2, 0.25) is 0 Å². The van der Waals surface area contributed by atoms with Crippen LogP contribution in [0.3, 0.4) is 0 Å². The van der Waals surface area contributed by atoms with Crippen molar-refractivity contribution in [3.05, 3.63) is 0 Å². The van der Waals surface area contributed by atoms with Gasteiger partial charge in [0.05, 0.1) is 0 Å². The van der Waals surface area contributed by atoms with E-state index in [0.29, 0.717) is 0 Å². The van der Waals surface area contributed by atoms with E-state index in [0.717, 1.165) is 0 Å². The summed E-state index contributed by atoms with van der Waals surface area (Å²) in [6, 6.07) is 0. The van der Waals surface area contributed by atoms with Gasteiger partial charge in [0.2, 0.25) is 0 Å². The maximum absolute atomic E-state index is 13.4. The summed E-state index contributed by atoms with van der Waals surface area (Å²) in [4.78, 5) is 0. The maximum atomic E-state index is 13.4. The number of hydrogen-bond acceptors (Lipinski definition) is 1. The van der Waals surface area contributed by atoms with Gasteiger partial charge in [-0.3, -0.25) is 0 Å². The lowest BCUT2D eigenvalue weighted by Gasteiger charge is -2.46. The molecule has 0 saturated heterocycles. The van der Waals surface area contributed by atoms with Crippen molar-refractivity contribution in [1.29, 1.82) is 0 Å². The van der Waals surface area contributed by atoms with Gasteiger partial charge in [-0.25, -0.2) is 0 Å².